The molecular weight excluding hydrogens is 534 g/mol. The molecule has 0 radical (unpaired) electrons. The maximum absolute atomic E-state index is 14.0. The summed E-state index contributed by atoms with van der Waals surface area (Å²) in [7, 11) is 0. The lowest BCUT2D eigenvalue weighted by Gasteiger charge is -2.10. The van der Waals surface area contributed by atoms with Crippen molar-refractivity contribution in [3.63, 3.8) is 0 Å². The number of hydrogen-bond acceptors (Lipinski definition) is 4. The third-order valence-electron chi connectivity index (χ3n) is 7.33. The molecule has 226 valence electrons. The van der Waals surface area contributed by atoms with E-state index >= 15 is 0 Å². The van der Waals surface area contributed by atoms with E-state index in [1.54, 1.807) is 12.1 Å². The quantitative estimate of drug-likeness (QED) is 0.0807. The number of benzene rings is 3. The van der Waals surface area contributed by atoms with Gasteiger partial charge in [0.05, 0.1) is 17.8 Å². The Kier molecular flexibility index (Phi) is 14.8. The van der Waals surface area contributed by atoms with E-state index in [1.807, 2.05) is 12.1 Å². The summed E-state index contributed by atoms with van der Waals surface area (Å²) in [6.45, 7) is 1.91. The van der Waals surface area contributed by atoms with Gasteiger partial charge in [-0.15, -0.1) is 0 Å². The lowest BCUT2D eigenvalue weighted by molar-refractivity contribution is -0.0195. The second-order valence-corrected chi connectivity index (χ2v) is 10.8. The summed E-state index contributed by atoms with van der Waals surface area (Å²) < 4.78 is 36.4. The summed E-state index contributed by atoms with van der Waals surface area (Å²) in [6, 6.07) is 21.7. The van der Waals surface area contributed by atoms with Crippen molar-refractivity contribution >= 4 is 11.9 Å². The molecule has 0 aliphatic carbocycles. The number of esters is 2. The van der Waals surface area contributed by atoms with E-state index in [1.165, 1.54) is 68.4 Å². The molecule has 3 aromatic rings. The second-order valence-electron chi connectivity index (χ2n) is 10.8. The third-order valence-corrected chi connectivity index (χ3v) is 7.33. The highest BCUT2D eigenvalue weighted by Crippen LogP contribution is 2.23. The van der Waals surface area contributed by atoms with Gasteiger partial charge in [-0.2, -0.15) is 0 Å². The molecule has 0 saturated heterocycles. The van der Waals surface area contributed by atoms with E-state index in [2.05, 4.69) is 31.2 Å². The predicted octanol–water partition coefficient (Wildman–Crippen LogP) is 10.2. The van der Waals surface area contributed by atoms with Gasteiger partial charge in [0.2, 0.25) is 6.36 Å². The maximum Gasteiger partial charge on any atom is 0.343 e. The van der Waals surface area contributed by atoms with Crippen LogP contribution in [-0.2, 0) is 11.2 Å². The van der Waals surface area contributed by atoms with Crippen LogP contribution in [0.25, 0.3) is 11.1 Å². The van der Waals surface area contributed by atoms with Crippen LogP contribution in [0.2, 0.25) is 0 Å². The molecule has 3 aromatic carbocycles. The van der Waals surface area contributed by atoms with Crippen LogP contribution in [0.5, 0.6) is 5.75 Å². The number of halogens is 2. The van der Waals surface area contributed by atoms with Crippen LogP contribution in [0.15, 0.2) is 72.8 Å². The van der Waals surface area contributed by atoms with Crippen molar-refractivity contribution in [1.82, 2.24) is 0 Å². The largest absolute Gasteiger partial charge is 0.428 e. The van der Waals surface area contributed by atoms with Gasteiger partial charge >= 0.3 is 11.9 Å². The van der Waals surface area contributed by atoms with Crippen LogP contribution in [0.1, 0.15) is 110 Å². The topological polar surface area (TPSA) is 52.6 Å². The second kappa shape index (κ2) is 18.8. The minimum atomic E-state index is -1.69. The van der Waals surface area contributed by atoms with Crippen molar-refractivity contribution in [2.24, 2.45) is 0 Å². The molecule has 0 aromatic heterocycles. The molecule has 0 aliphatic heterocycles. The molecule has 1 unspecified atom stereocenters. The summed E-state index contributed by atoms with van der Waals surface area (Å²) in [4.78, 5) is 24.9. The van der Waals surface area contributed by atoms with Crippen molar-refractivity contribution in [3.05, 3.63) is 89.5 Å². The summed E-state index contributed by atoms with van der Waals surface area (Å²) in [6.07, 6.45) is 10.7. The van der Waals surface area contributed by atoms with Gasteiger partial charge in [-0.25, -0.2) is 14.0 Å². The van der Waals surface area contributed by atoms with Crippen molar-refractivity contribution < 1.29 is 27.8 Å². The SMILES string of the molecule is CCCCCCCCc1ccc(-c2ccc(C(=O)Oc3ccc(C(=O)OC(F)CCCCCCCF)cc3)cc2)cc1. The highest BCUT2D eigenvalue weighted by Gasteiger charge is 2.16. The number of unbranched alkanes of at least 4 members (excludes halogenated alkanes) is 9. The van der Waals surface area contributed by atoms with Gasteiger partial charge in [0, 0.05) is 6.42 Å². The van der Waals surface area contributed by atoms with Gasteiger partial charge in [-0.05, 0) is 78.8 Å². The van der Waals surface area contributed by atoms with Crippen LogP contribution >= 0.6 is 0 Å². The van der Waals surface area contributed by atoms with Gasteiger partial charge in [-0.3, -0.25) is 4.39 Å². The fourth-order valence-corrected chi connectivity index (χ4v) is 4.77. The Hall–Kier alpha value is -3.54. The number of carbonyl (C=O) groups excluding carboxylic acids is 2. The van der Waals surface area contributed by atoms with Crippen LogP contribution in [0.4, 0.5) is 8.78 Å². The molecule has 0 bridgehead atoms. The van der Waals surface area contributed by atoms with E-state index in [4.69, 9.17) is 9.47 Å². The highest BCUT2D eigenvalue weighted by atomic mass is 19.1. The van der Waals surface area contributed by atoms with Gasteiger partial charge in [0.1, 0.15) is 5.75 Å². The zero-order chi connectivity index (χ0) is 30.0. The molecule has 0 amide bonds. The molecule has 42 heavy (non-hydrogen) atoms. The first-order valence-corrected chi connectivity index (χ1v) is 15.4. The molecule has 3 rings (SSSR count). The van der Waals surface area contributed by atoms with E-state index in [9.17, 15) is 18.4 Å². The average Bonchev–Trinajstić information content (AvgIpc) is 3.01. The molecule has 1 atom stereocenters. The molecule has 0 aliphatic rings. The molecule has 0 N–H and O–H groups in total. The minimum absolute atomic E-state index is 0.112. The summed E-state index contributed by atoms with van der Waals surface area (Å²) in [5.41, 5.74) is 4.03. The Morgan fingerprint density at radius 1 is 0.643 bits per heavy atom. The van der Waals surface area contributed by atoms with Gasteiger partial charge in [0.25, 0.3) is 0 Å². The Balaban J connectivity index is 1.43. The third kappa shape index (κ3) is 11.8. The Morgan fingerprint density at radius 3 is 1.81 bits per heavy atom. The van der Waals surface area contributed by atoms with Crippen LogP contribution in [0, 0.1) is 0 Å². The zero-order valence-corrected chi connectivity index (χ0v) is 24.8. The first-order chi connectivity index (χ1) is 20.5. The van der Waals surface area contributed by atoms with E-state index in [0.717, 1.165) is 36.8 Å². The highest BCUT2D eigenvalue weighted by molar-refractivity contribution is 5.92. The van der Waals surface area contributed by atoms with Crippen LogP contribution in [-0.4, -0.2) is 25.0 Å². The van der Waals surface area contributed by atoms with Crippen LogP contribution in [0.3, 0.4) is 0 Å². The Bertz CT molecular complexity index is 1190. The number of alkyl halides is 2. The van der Waals surface area contributed by atoms with Gasteiger partial charge in [0.15, 0.2) is 0 Å². The van der Waals surface area contributed by atoms with E-state index in [-0.39, 0.29) is 24.4 Å². The van der Waals surface area contributed by atoms with Crippen molar-refractivity contribution in [2.45, 2.75) is 96.8 Å². The summed E-state index contributed by atoms with van der Waals surface area (Å²) in [5, 5.41) is 0. The smallest absolute Gasteiger partial charge is 0.343 e. The summed E-state index contributed by atoms with van der Waals surface area (Å²) in [5.74, 6) is -1.02. The molecule has 4 nitrogen and oxygen atoms in total. The number of carbonyl (C=O) groups is 2. The Morgan fingerprint density at radius 2 is 1.17 bits per heavy atom. The number of ether oxygens (including phenoxy) is 2. The maximum atomic E-state index is 14.0. The monoisotopic (exact) mass is 578 g/mol. The fraction of sp³-hybridized carbons (Fsp3) is 0.444. The lowest BCUT2D eigenvalue weighted by Crippen LogP contribution is -2.14. The van der Waals surface area contributed by atoms with E-state index in [0.29, 0.717) is 18.4 Å². The zero-order valence-electron chi connectivity index (χ0n) is 24.8. The summed E-state index contributed by atoms with van der Waals surface area (Å²) >= 11 is 0. The van der Waals surface area contributed by atoms with Crippen molar-refractivity contribution in [1.29, 1.82) is 0 Å². The molecular formula is C36H44F2O4. The average molecular weight is 579 g/mol. The number of aryl methyl sites for hydroxylation is 1. The fourth-order valence-electron chi connectivity index (χ4n) is 4.77. The van der Waals surface area contributed by atoms with Crippen LogP contribution < -0.4 is 4.74 Å². The molecule has 6 heteroatoms. The number of hydrogen-bond donors (Lipinski definition) is 0. The first-order valence-electron chi connectivity index (χ1n) is 15.4. The standard InChI is InChI=1S/C36H44F2O4/c1-2-3-4-5-7-10-13-28-15-17-29(18-16-28)30-19-21-31(22-20-30)35(39)41-33-25-23-32(24-26-33)36(40)42-34(38)14-11-8-6-9-12-27-37/h15-26,34H,2-14,27H2,1H3. The predicted molar refractivity (Wildman–Crippen MR) is 164 cm³/mol. The first kappa shape index (κ1) is 33.0. The normalized spacial score (nSPS) is 11.7. The van der Waals surface area contributed by atoms with E-state index < -0.39 is 18.3 Å². The van der Waals surface area contributed by atoms with Crippen molar-refractivity contribution in [3.8, 4) is 16.9 Å². The minimum Gasteiger partial charge on any atom is -0.428 e. The number of rotatable bonds is 19. The van der Waals surface area contributed by atoms with Gasteiger partial charge in [-0.1, -0.05) is 94.7 Å². The van der Waals surface area contributed by atoms with Gasteiger partial charge < -0.3 is 9.47 Å². The molecule has 0 spiro atoms. The molecule has 0 saturated carbocycles. The van der Waals surface area contributed by atoms with Crippen molar-refractivity contribution in [2.75, 3.05) is 6.67 Å². The molecule has 0 fully saturated rings. The molecule has 0 heterocycles. The lowest BCUT2D eigenvalue weighted by atomic mass is 10.00. The Labute approximate surface area is 249 Å².